The number of thioether (sulfide) groups is 1. The van der Waals surface area contributed by atoms with E-state index in [-0.39, 0.29) is 35.0 Å². The van der Waals surface area contributed by atoms with Crippen molar-refractivity contribution < 1.29 is 38.1 Å². The first kappa shape index (κ1) is 32.3. The maximum Gasteiger partial charge on any atom is 0.339 e. The molecule has 0 bridgehead atoms. The molecule has 0 saturated heterocycles. The molecule has 6 nitrogen and oxygen atoms in total. The van der Waals surface area contributed by atoms with Crippen molar-refractivity contribution in [3.05, 3.63) is 76.9 Å². The molecule has 2 aromatic rings. The van der Waals surface area contributed by atoms with E-state index in [9.17, 15) is 29.0 Å². The number of esters is 1. The molecule has 2 aromatic carbocycles. The van der Waals surface area contributed by atoms with Crippen LogP contribution in [0.25, 0.3) is 0 Å². The number of ketones is 1. The summed E-state index contributed by atoms with van der Waals surface area (Å²) in [6.07, 6.45) is 3.91. The third-order valence-electron chi connectivity index (χ3n) is 10.8. The number of benzene rings is 2. The highest BCUT2D eigenvalue weighted by Crippen LogP contribution is 2.70. The molecule has 6 rings (SSSR count). The summed E-state index contributed by atoms with van der Waals surface area (Å²) in [6.45, 7) is 3.47. The topological polar surface area (TPSA) is 101 Å². The number of hydrogen-bond acceptors (Lipinski definition) is 8. The number of halogens is 3. The van der Waals surface area contributed by atoms with E-state index in [1.807, 2.05) is 0 Å². The summed E-state index contributed by atoms with van der Waals surface area (Å²) in [6, 6.07) is 10.4. The van der Waals surface area contributed by atoms with E-state index in [0.29, 0.717) is 36.6 Å². The quantitative estimate of drug-likeness (QED) is 0.302. The number of phenolic OH excluding ortho intramolecular Hbond substituents is 1. The first-order chi connectivity index (χ1) is 21.3. The monoisotopic (exact) mass is 674 g/mol. The SMILES string of the molecule is C[C@]12C=CC(=O)C=C1CC[C@H]1[C@@H]3CC[C@](OC(=O)c4ccc(Sc5ccc(Cl)c(O)c5)cc4)(C(=O)SCF)[C@@]3(C)C[C@H](O)[C@@]12F. The Morgan fingerprint density at radius 3 is 2.49 bits per heavy atom. The average Bonchev–Trinajstić information content (AvgIpc) is 3.28. The molecule has 11 heteroatoms. The third kappa shape index (κ3) is 4.89. The third-order valence-corrected chi connectivity index (χ3v) is 12.8. The molecule has 4 aliphatic carbocycles. The number of aliphatic hydroxyl groups is 1. The van der Waals surface area contributed by atoms with E-state index in [1.165, 1.54) is 30.0 Å². The molecular formula is C34H33ClF2O6S2. The number of hydrogen-bond donors (Lipinski definition) is 2. The van der Waals surface area contributed by atoms with Crippen LogP contribution in [0.1, 0.15) is 56.3 Å². The number of fused-ring (bicyclic) bond motifs is 5. The van der Waals surface area contributed by atoms with Crippen molar-refractivity contribution in [2.24, 2.45) is 22.7 Å². The lowest BCUT2D eigenvalue weighted by molar-refractivity contribution is -0.214. The van der Waals surface area contributed by atoms with E-state index in [1.54, 1.807) is 56.3 Å². The maximum absolute atomic E-state index is 17.5. The second kappa shape index (κ2) is 11.5. The van der Waals surface area contributed by atoms with Crippen LogP contribution >= 0.6 is 35.1 Å². The fourth-order valence-electron chi connectivity index (χ4n) is 8.48. The number of carbonyl (C=O) groups excluding carboxylic acids is 3. The molecule has 0 spiro atoms. The lowest BCUT2D eigenvalue weighted by Gasteiger charge is -2.62. The van der Waals surface area contributed by atoms with Crippen LogP contribution in [0.4, 0.5) is 8.78 Å². The molecular weight excluding hydrogens is 642 g/mol. The molecule has 2 N–H and O–H groups in total. The van der Waals surface area contributed by atoms with Gasteiger partial charge in [0.15, 0.2) is 17.1 Å². The minimum Gasteiger partial charge on any atom is -0.506 e. The number of alkyl halides is 2. The van der Waals surface area contributed by atoms with Gasteiger partial charge < -0.3 is 14.9 Å². The summed E-state index contributed by atoms with van der Waals surface area (Å²) >= 11 is 7.67. The van der Waals surface area contributed by atoms with E-state index in [0.717, 1.165) is 9.79 Å². The second-order valence-corrected chi connectivity index (χ2v) is 15.2. The molecule has 0 radical (unpaired) electrons. The van der Waals surface area contributed by atoms with Crippen molar-refractivity contribution in [3.63, 3.8) is 0 Å². The van der Waals surface area contributed by atoms with Gasteiger partial charge in [0.1, 0.15) is 11.8 Å². The first-order valence-corrected chi connectivity index (χ1v) is 17.0. The van der Waals surface area contributed by atoms with Crippen molar-refractivity contribution in [3.8, 4) is 5.75 Å². The Labute approximate surface area is 273 Å². The molecule has 0 unspecified atom stereocenters. The van der Waals surface area contributed by atoms with Crippen molar-refractivity contribution in [1.29, 1.82) is 0 Å². The molecule has 238 valence electrons. The predicted molar refractivity (Wildman–Crippen MR) is 169 cm³/mol. The number of allylic oxidation sites excluding steroid dienone is 4. The Morgan fingerprint density at radius 1 is 1.09 bits per heavy atom. The van der Waals surface area contributed by atoms with E-state index in [4.69, 9.17) is 16.3 Å². The molecule has 3 fully saturated rings. The fraction of sp³-hybridized carbons (Fsp3) is 0.441. The van der Waals surface area contributed by atoms with Gasteiger partial charge in [-0.2, -0.15) is 0 Å². The first-order valence-electron chi connectivity index (χ1n) is 14.8. The highest BCUT2D eigenvalue weighted by atomic mass is 35.5. The molecule has 0 aromatic heterocycles. The average molecular weight is 675 g/mol. The summed E-state index contributed by atoms with van der Waals surface area (Å²) in [7, 11) is 0. The van der Waals surface area contributed by atoms with Gasteiger partial charge in [0.25, 0.3) is 0 Å². The summed E-state index contributed by atoms with van der Waals surface area (Å²) in [5.41, 5.74) is -5.43. The lowest BCUT2D eigenvalue weighted by atomic mass is 9.45. The molecule has 3 saturated carbocycles. The Morgan fingerprint density at radius 2 is 1.80 bits per heavy atom. The van der Waals surface area contributed by atoms with Crippen LogP contribution in [-0.4, -0.2) is 50.5 Å². The summed E-state index contributed by atoms with van der Waals surface area (Å²) in [4.78, 5) is 41.0. The predicted octanol–water partition coefficient (Wildman–Crippen LogP) is 7.65. The number of aromatic hydroxyl groups is 1. The summed E-state index contributed by atoms with van der Waals surface area (Å²) < 4.78 is 37.3. The van der Waals surface area contributed by atoms with Gasteiger partial charge in [0.2, 0.25) is 5.12 Å². The number of phenols is 1. The number of aliphatic hydroxyl groups excluding tert-OH is 1. The minimum absolute atomic E-state index is 0.0475. The van der Waals surface area contributed by atoms with Crippen LogP contribution in [-0.2, 0) is 14.3 Å². The largest absolute Gasteiger partial charge is 0.506 e. The summed E-state index contributed by atoms with van der Waals surface area (Å²) in [5, 5.41) is 21.1. The van der Waals surface area contributed by atoms with Gasteiger partial charge in [-0.1, -0.05) is 41.9 Å². The minimum atomic E-state index is -2.11. The molecule has 45 heavy (non-hydrogen) atoms. The van der Waals surface area contributed by atoms with E-state index < -0.39 is 57.1 Å². The second-order valence-electron chi connectivity index (χ2n) is 12.8. The van der Waals surface area contributed by atoms with Crippen LogP contribution in [0.2, 0.25) is 5.02 Å². The highest BCUT2D eigenvalue weighted by Gasteiger charge is 2.75. The molecule has 0 heterocycles. The van der Waals surface area contributed by atoms with E-state index >= 15 is 4.39 Å². The van der Waals surface area contributed by atoms with Crippen molar-refractivity contribution in [2.45, 2.75) is 73.1 Å². The number of rotatable bonds is 6. The molecule has 7 atom stereocenters. The van der Waals surface area contributed by atoms with Gasteiger partial charge in [-0.3, -0.25) is 9.59 Å². The van der Waals surface area contributed by atoms with Gasteiger partial charge in [-0.05, 0) is 111 Å². The highest BCUT2D eigenvalue weighted by molar-refractivity contribution is 8.13. The van der Waals surface area contributed by atoms with Crippen LogP contribution in [0.5, 0.6) is 5.75 Å². The smallest absolute Gasteiger partial charge is 0.339 e. The van der Waals surface area contributed by atoms with E-state index in [2.05, 4.69) is 0 Å². The van der Waals surface area contributed by atoms with Crippen LogP contribution in [0.15, 0.2) is 76.1 Å². The summed E-state index contributed by atoms with van der Waals surface area (Å²) in [5.74, 6) is -2.16. The van der Waals surface area contributed by atoms with Gasteiger partial charge in [0, 0.05) is 26.5 Å². The number of carbonyl (C=O) groups is 3. The Kier molecular flexibility index (Phi) is 8.28. The van der Waals surface area contributed by atoms with Gasteiger partial charge in [0.05, 0.1) is 16.7 Å². The zero-order chi connectivity index (χ0) is 32.4. The van der Waals surface area contributed by atoms with Gasteiger partial charge >= 0.3 is 5.97 Å². The van der Waals surface area contributed by atoms with Gasteiger partial charge in [-0.15, -0.1) is 0 Å². The standard InChI is InChI=1S/C34H33ClF2O6S2/c1-31-13-11-21(38)15-20(31)5-9-25-24-12-14-33(30(42)44-18-36,32(24,2)17-28(40)34(25,31)37)43-29(41)19-3-6-22(7-4-19)45-23-8-10-26(35)27(39)16-23/h3-4,6-8,10-11,13,15-16,24-25,28,39-40H,5,9,12,14,17-18H2,1-2H3/t24-,25-,28-,31-,32-,33-,34-/m0/s1. The van der Waals surface area contributed by atoms with Crippen LogP contribution in [0.3, 0.4) is 0 Å². The fourth-order valence-corrected chi connectivity index (χ4v) is 10.2. The molecule has 4 aliphatic rings. The zero-order valence-electron chi connectivity index (χ0n) is 24.7. The molecule has 0 amide bonds. The number of ether oxygens (including phenoxy) is 1. The lowest BCUT2D eigenvalue weighted by Crippen LogP contribution is -2.69. The Balaban J connectivity index is 1.30. The van der Waals surface area contributed by atoms with Crippen molar-refractivity contribution >= 4 is 52.0 Å². The normalized spacial score (nSPS) is 35.2. The van der Waals surface area contributed by atoms with Gasteiger partial charge in [-0.25, -0.2) is 13.6 Å². The van der Waals surface area contributed by atoms with Crippen LogP contribution in [0, 0.1) is 22.7 Å². The zero-order valence-corrected chi connectivity index (χ0v) is 27.1. The van der Waals surface area contributed by atoms with Crippen molar-refractivity contribution in [2.75, 3.05) is 6.01 Å². The molecule has 0 aliphatic heterocycles. The Bertz CT molecular complexity index is 1630. The Hall–Kier alpha value is -2.66. The maximum atomic E-state index is 17.5. The van der Waals surface area contributed by atoms with Crippen LogP contribution < -0.4 is 0 Å². The van der Waals surface area contributed by atoms with Crippen molar-refractivity contribution in [1.82, 2.24) is 0 Å².